The highest BCUT2D eigenvalue weighted by molar-refractivity contribution is 8.03. The molecule has 0 fully saturated rings. The minimum absolute atomic E-state index is 0.241. The molecule has 0 saturated heterocycles. The van der Waals surface area contributed by atoms with Crippen LogP contribution in [0.1, 0.15) is 97.9 Å². The molecule has 2 aliphatic carbocycles. The smallest absolute Gasteiger partial charge is 0.263 e. The van der Waals surface area contributed by atoms with Gasteiger partial charge < -0.3 is 4.90 Å². The fourth-order valence-corrected chi connectivity index (χ4v) is 9.77. The Bertz CT molecular complexity index is 1790. The number of thiazole rings is 1. The average molecular weight is 662 g/mol. The molecule has 0 spiro atoms. The van der Waals surface area contributed by atoms with Gasteiger partial charge in [-0.1, -0.05) is 132 Å². The Labute approximate surface area is 292 Å². The predicted octanol–water partition coefficient (Wildman–Crippen LogP) is 12.6. The monoisotopic (exact) mass is 661 g/mol. The van der Waals surface area contributed by atoms with E-state index in [1.807, 2.05) is 23.1 Å². The number of para-hydroxylation sites is 2. The summed E-state index contributed by atoms with van der Waals surface area (Å²) in [6.07, 6.45) is 26.2. The molecule has 1 aliphatic heterocycles. The molecule has 2 nitrogen and oxygen atoms in total. The predicted molar refractivity (Wildman–Crippen MR) is 207 cm³/mol. The summed E-state index contributed by atoms with van der Waals surface area (Å²) < 4.78 is 3.92. The second kappa shape index (κ2) is 14.6. The van der Waals surface area contributed by atoms with Gasteiger partial charge in [0.1, 0.15) is 4.70 Å². The van der Waals surface area contributed by atoms with E-state index < -0.39 is 0 Å². The Kier molecular flexibility index (Phi) is 10.5. The lowest BCUT2D eigenvalue weighted by Crippen LogP contribution is -2.35. The number of hydrogen-bond donors (Lipinski definition) is 0. The van der Waals surface area contributed by atoms with Crippen molar-refractivity contribution in [3.8, 4) is 0 Å². The summed E-state index contributed by atoms with van der Waals surface area (Å²) in [6.45, 7) is 16.4. The van der Waals surface area contributed by atoms with Gasteiger partial charge in [-0.25, -0.2) is 0 Å². The number of aromatic nitrogens is 1. The minimum atomic E-state index is 0.241. The van der Waals surface area contributed by atoms with Crippen molar-refractivity contribution >= 4 is 45.1 Å². The maximum Gasteiger partial charge on any atom is 0.263 e. The number of benzene rings is 2. The van der Waals surface area contributed by atoms with Crippen molar-refractivity contribution in [1.29, 1.82) is 0 Å². The highest BCUT2D eigenvalue weighted by Crippen LogP contribution is 2.48. The zero-order valence-corrected chi connectivity index (χ0v) is 31.1. The molecule has 4 heteroatoms. The Morgan fingerprint density at radius 3 is 2.30 bits per heavy atom. The zero-order valence-electron chi connectivity index (χ0n) is 29.4. The Balaban J connectivity index is 1.26. The molecule has 0 bridgehead atoms. The number of hydrogen-bond acceptors (Lipinski definition) is 3. The first kappa shape index (κ1) is 33.8. The number of allylic oxidation sites excluding steroid dienone is 10. The zero-order chi connectivity index (χ0) is 33.0. The van der Waals surface area contributed by atoms with Gasteiger partial charge in [0, 0.05) is 30.0 Å². The fourth-order valence-electron chi connectivity index (χ4n) is 7.44. The minimum Gasteiger partial charge on any atom is -0.335 e. The number of fused-ring (bicyclic) bond motifs is 2. The molecule has 3 aliphatic rings. The standard InChI is InChI=1S/C43H53N2S2/c1-7-9-22-44-36-18-11-13-20-38(36)46-40(44)26-34-24-32(28-42(3,4)30-34)16-15-17-33-25-35(31-43(5,6)29-33)27-41-45(23-10-8-2)37-19-12-14-21-39(37)47-41/h11-21,24-27H,7-10,22-23,28-31H2,1-6H3/q+1. The van der Waals surface area contributed by atoms with E-state index in [9.17, 15) is 0 Å². The lowest BCUT2D eigenvalue weighted by atomic mass is 9.74. The van der Waals surface area contributed by atoms with Crippen LogP contribution in [-0.2, 0) is 6.54 Å². The molecule has 2 aromatic carbocycles. The van der Waals surface area contributed by atoms with E-state index in [4.69, 9.17) is 0 Å². The second-order valence-electron chi connectivity index (χ2n) is 15.3. The number of rotatable bonds is 10. The summed E-state index contributed by atoms with van der Waals surface area (Å²) in [5.74, 6) is 0. The molecule has 2 heterocycles. The molecule has 1 aromatic heterocycles. The molecule has 0 unspecified atom stereocenters. The van der Waals surface area contributed by atoms with Crippen LogP contribution in [0.4, 0.5) is 5.69 Å². The van der Waals surface area contributed by atoms with Gasteiger partial charge in [-0.15, -0.1) is 0 Å². The number of thioether (sulfide) groups is 1. The van der Waals surface area contributed by atoms with Gasteiger partial charge in [-0.05, 0) is 89.5 Å². The van der Waals surface area contributed by atoms with Crippen molar-refractivity contribution in [1.82, 2.24) is 0 Å². The molecule has 246 valence electrons. The molecular weight excluding hydrogens is 609 g/mol. The molecule has 3 aromatic rings. The third kappa shape index (κ3) is 8.32. The Morgan fingerprint density at radius 2 is 1.49 bits per heavy atom. The lowest BCUT2D eigenvalue weighted by Gasteiger charge is -2.31. The highest BCUT2D eigenvalue weighted by Gasteiger charge is 2.29. The summed E-state index contributed by atoms with van der Waals surface area (Å²) in [5.41, 5.74) is 8.96. The fraction of sp³-hybridized carbons (Fsp3) is 0.419. The topological polar surface area (TPSA) is 7.12 Å². The summed E-state index contributed by atoms with van der Waals surface area (Å²) in [4.78, 5) is 3.92. The quantitative estimate of drug-likeness (QED) is 0.200. The van der Waals surface area contributed by atoms with E-state index in [1.165, 1.54) is 78.8 Å². The largest absolute Gasteiger partial charge is 0.335 e. The van der Waals surface area contributed by atoms with Crippen molar-refractivity contribution in [2.24, 2.45) is 10.8 Å². The van der Waals surface area contributed by atoms with Crippen molar-refractivity contribution in [2.45, 2.75) is 104 Å². The van der Waals surface area contributed by atoms with Crippen LogP contribution in [0.25, 0.3) is 16.3 Å². The maximum absolute atomic E-state index is 2.54. The van der Waals surface area contributed by atoms with Crippen molar-refractivity contribution < 1.29 is 4.57 Å². The first-order chi connectivity index (χ1) is 22.6. The highest BCUT2D eigenvalue weighted by atomic mass is 32.2. The summed E-state index contributed by atoms with van der Waals surface area (Å²) in [5, 5.41) is 2.75. The van der Waals surface area contributed by atoms with Gasteiger partial charge in [-0.3, -0.25) is 0 Å². The first-order valence-electron chi connectivity index (χ1n) is 17.8. The molecule has 0 saturated carbocycles. The Hall–Kier alpha value is -3.08. The third-order valence-electron chi connectivity index (χ3n) is 9.45. The van der Waals surface area contributed by atoms with Gasteiger partial charge in [-0.2, -0.15) is 4.57 Å². The van der Waals surface area contributed by atoms with Gasteiger partial charge in [0.25, 0.3) is 5.01 Å². The molecule has 6 rings (SSSR count). The van der Waals surface area contributed by atoms with Crippen LogP contribution in [0.3, 0.4) is 0 Å². The number of aryl methyl sites for hydroxylation is 1. The van der Waals surface area contributed by atoms with Crippen LogP contribution in [0.2, 0.25) is 0 Å². The van der Waals surface area contributed by atoms with E-state index in [0.29, 0.717) is 0 Å². The lowest BCUT2D eigenvalue weighted by molar-refractivity contribution is -0.669. The van der Waals surface area contributed by atoms with Crippen molar-refractivity contribution in [3.63, 3.8) is 0 Å². The van der Waals surface area contributed by atoms with E-state index in [1.54, 1.807) is 0 Å². The SMILES string of the molecule is CCCCN1/C(=C/C2=CC(=C/C=C/C3=CC(=C/c4sc5ccccc5[n+]4CCCC)/CC(C)(C)C3)/CC(C)(C)C2)Sc2ccccc21. The summed E-state index contributed by atoms with van der Waals surface area (Å²) in [7, 11) is 0. The van der Waals surface area contributed by atoms with Gasteiger partial charge in [0.15, 0.2) is 6.54 Å². The molecule has 0 N–H and O–H groups in total. The van der Waals surface area contributed by atoms with Crippen LogP contribution >= 0.6 is 23.1 Å². The van der Waals surface area contributed by atoms with E-state index >= 15 is 0 Å². The Morgan fingerprint density at radius 1 is 0.787 bits per heavy atom. The van der Waals surface area contributed by atoms with Gasteiger partial charge in [0.2, 0.25) is 5.52 Å². The first-order valence-corrected chi connectivity index (χ1v) is 19.4. The number of unbranched alkanes of at least 4 members (excludes halogenated alkanes) is 2. The van der Waals surface area contributed by atoms with Crippen molar-refractivity contribution in [3.05, 3.63) is 117 Å². The van der Waals surface area contributed by atoms with E-state index in [-0.39, 0.29) is 10.8 Å². The van der Waals surface area contributed by atoms with Gasteiger partial charge >= 0.3 is 0 Å². The van der Waals surface area contributed by atoms with Crippen LogP contribution in [0.5, 0.6) is 0 Å². The molecule has 0 amide bonds. The third-order valence-corrected chi connectivity index (χ3v) is 11.7. The average Bonchev–Trinajstić information content (AvgIpc) is 3.54. The molecule has 47 heavy (non-hydrogen) atoms. The summed E-state index contributed by atoms with van der Waals surface area (Å²) >= 11 is 3.86. The normalized spacial score (nSPS) is 21.7. The van der Waals surface area contributed by atoms with Gasteiger partial charge in [0.05, 0.1) is 10.7 Å². The second-order valence-corrected chi connectivity index (χ2v) is 17.4. The van der Waals surface area contributed by atoms with E-state index in [2.05, 4.69) is 142 Å². The molecular formula is C43H53N2S2+. The van der Waals surface area contributed by atoms with Crippen LogP contribution in [0.15, 0.2) is 117 Å². The number of nitrogens with zero attached hydrogens (tertiary/aromatic N) is 2. The molecule has 0 atom stereocenters. The van der Waals surface area contributed by atoms with Crippen LogP contribution in [-0.4, -0.2) is 6.54 Å². The molecule has 0 radical (unpaired) electrons. The summed E-state index contributed by atoms with van der Waals surface area (Å²) in [6, 6.07) is 17.8. The van der Waals surface area contributed by atoms with Crippen LogP contribution in [0, 0.1) is 10.8 Å². The van der Waals surface area contributed by atoms with E-state index in [0.717, 1.165) is 38.8 Å². The van der Waals surface area contributed by atoms with Crippen LogP contribution < -0.4 is 9.47 Å². The maximum atomic E-state index is 2.54. The van der Waals surface area contributed by atoms with Crippen molar-refractivity contribution in [2.75, 3.05) is 11.4 Å². The number of anilines is 1.